The lowest BCUT2D eigenvalue weighted by molar-refractivity contribution is 0.493. The van der Waals surface area contributed by atoms with Gasteiger partial charge in [-0.15, -0.1) is 0 Å². The molecule has 0 spiro atoms. The first-order valence-corrected chi connectivity index (χ1v) is 5.21. The van der Waals surface area contributed by atoms with E-state index >= 15 is 0 Å². The Hall–Kier alpha value is -1.45. The second kappa shape index (κ2) is 3.61. The SMILES string of the molecule is CC(C)c1ncc2nc(C(C)C)oc2n1. The highest BCUT2D eigenvalue weighted by Crippen LogP contribution is 2.20. The molecule has 0 fully saturated rings. The zero-order valence-electron chi connectivity index (χ0n) is 9.48. The molecule has 2 aromatic rings. The van der Waals surface area contributed by atoms with Gasteiger partial charge in [0.2, 0.25) is 5.71 Å². The first kappa shape index (κ1) is 10.1. The van der Waals surface area contributed by atoms with Crippen molar-refractivity contribution in [2.75, 3.05) is 0 Å². The van der Waals surface area contributed by atoms with Crippen molar-refractivity contribution < 1.29 is 4.42 Å². The Balaban J connectivity index is 2.52. The van der Waals surface area contributed by atoms with E-state index in [9.17, 15) is 0 Å². The fraction of sp³-hybridized carbons (Fsp3) is 0.545. The van der Waals surface area contributed by atoms with Crippen molar-refractivity contribution in [3.8, 4) is 0 Å². The zero-order valence-corrected chi connectivity index (χ0v) is 9.48. The van der Waals surface area contributed by atoms with Crippen LogP contribution in [0, 0.1) is 0 Å². The fourth-order valence-electron chi connectivity index (χ4n) is 1.29. The predicted octanol–water partition coefficient (Wildman–Crippen LogP) is 2.86. The molecular weight excluding hydrogens is 190 g/mol. The molecule has 0 aliphatic heterocycles. The van der Waals surface area contributed by atoms with Crippen LogP contribution in [0.15, 0.2) is 10.6 Å². The van der Waals surface area contributed by atoms with E-state index in [2.05, 4.69) is 28.8 Å². The van der Waals surface area contributed by atoms with E-state index in [1.54, 1.807) is 6.20 Å². The van der Waals surface area contributed by atoms with Crippen molar-refractivity contribution in [1.82, 2.24) is 15.0 Å². The maximum atomic E-state index is 5.56. The lowest BCUT2D eigenvalue weighted by Crippen LogP contribution is -1.95. The normalized spacial score (nSPS) is 11.9. The molecule has 2 aromatic heterocycles. The molecule has 80 valence electrons. The van der Waals surface area contributed by atoms with Crippen molar-refractivity contribution in [2.45, 2.75) is 39.5 Å². The van der Waals surface area contributed by atoms with E-state index in [1.165, 1.54) is 0 Å². The van der Waals surface area contributed by atoms with Gasteiger partial charge in [-0.2, -0.15) is 4.98 Å². The van der Waals surface area contributed by atoms with Crippen LogP contribution in [0.2, 0.25) is 0 Å². The maximum absolute atomic E-state index is 5.56. The Morgan fingerprint density at radius 1 is 1.07 bits per heavy atom. The van der Waals surface area contributed by atoms with E-state index in [0.717, 1.165) is 17.2 Å². The average Bonchev–Trinajstić information content (AvgIpc) is 2.59. The van der Waals surface area contributed by atoms with Gasteiger partial charge in [-0.05, 0) is 0 Å². The van der Waals surface area contributed by atoms with Crippen LogP contribution in [0.4, 0.5) is 0 Å². The van der Waals surface area contributed by atoms with Gasteiger partial charge >= 0.3 is 0 Å². The van der Waals surface area contributed by atoms with Gasteiger partial charge in [-0.25, -0.2) is 9.97 Å². The van der Waals surface area contributed by atoms with Gasteiger partial charge in [0.25, 0.3) is 0 Å². The average molecular weight is 205 g/mol. The molecule has 0 N–H and O–H groups in total. The number of fused-ring (bicyclic) bond motifs is 1. The minimum Gasteiger partial charge on any atom is -0.422 e. The molecule has 0 aliphatic rings. The van der Waals surface area contributed by atoms with Crippen molar-refractivity contribution in [3.05, 3.63) is 17.9 Å². The van der Waals surface area contributed by atoms with E-state index in [4.69, 9.17) is 4.42 Å². The minimum absolute atomic E-state index is 0.279. The van der Waals surface area contributed by atoms with Crippen molar-refractivity contribution in [3.63, 3.8) is 0 Å². The minimum atomic E-state index is 0.279. The Morgan fingerprint density at radius 3 is 2.40 bits per heavy atom. The van der Waals surface area contributed by atoms with Crippen LogP contribution < -0.4 is 0 Å². The maximum Gasteiger partial charge on any atom is 0.250 e. The molecule has 0 unspecified atom stereocenters. The van der Waals surface area contributed by atoms with Gasteiger partial charge in [0.1, 0.15) is 11.3 Å². The molecule has 0 atom stereocenters. The van der Waals surface area contributed by atoms with E-state index in [0.29, 0.717) is 11.6 Å². The van der Waals surface area contributed by atoms with Crippen LogP contribution in [0.25, 0.3) is 11.2 Å². The number of hydrogen-bond donors (Lipinski definition) is 0. The molecule has 0 aromatic carbocycles. The number of aromatic nitrogens is 3. The Bertz CT molecular complexity index is 468. The van der Waals surface area contributed by atoms with Crippen LogP contribution >= 0.6 is 0 Å². The molecule has 0 radical (unpaired) electrons. The molecule has 0 saturated carbocycles. The smallest absolute Gasteiger partial charge is 0.250 e. The first-order chi connectivity index (χ1) is 7.08. The summed E-state index contributed by atoms with van der Waals surface area (Å²) >= 11 is 0. The Labute approximate surface area is 88.8 Å². The molecule has 0 bridgehead atoms. The summed E-state index contributed by atoms with van der Waals surface area (Å²) in [5, 5.41) is 0. The molecule has 4 nitrogen and oxygen atoms in total. The summed E-state index contributed by atoms with van der Waals surface area (Å²) in [7, 11) is 0. The third-order valence-electron chi connectivity index (χ3n) is 2.20. The van der Waals surface area contributed by atoms with Crippen molar-refractivity contribution >= 4 is 11.2 Å². The van der Waals surface area contributed by atoms with Gasteiger partial charge in [0.15, 0.2) is 5.89 Å². The van der Waals surface area contributed by atoms with Gasteiger partial charge in [0, 0.05) is 11.8 Å². The van der Waals surface area contributed by atoms with Gasteiger partial charge in [-0.3, -0.25) is 0 Å². The van der Waals surface area contributed by atoms with Gasteiger partial charge < -0.3 is 4.42 Å². The number of oxazole rings is 1. The molecule has 0 aliphatic carbocycles. The summed E-state index contributed by atoms with van der Waals surface area (Å²) < 4.78 is 5.56. The quantitative estimate of drug-likeness (QED) is 0.756. The third-order valence-corrected chi connectivity index (χ3v) is 2.20. The predicted molar refractivity (Wildman–Crippen MR) is 57.8 cm³/mol. The van der Waals surface area contributed by atoms with E-state index < -0.39 is 0 Å². The first-order valence-electron chi connectivity index (χ1n) is 5.21. The van der Waals surface area contributed by atoms with Crippen LogP contribution in [-0.4, -0.2) is 15.0 Å². The number of hydrogen-bond acceptors (Lipinski definition) is 4. The summed E-state index contributed by atoms with van der Waals surface area (Å²) in [4.78, 5) is 12.9. The largest absolute Gasteiger partial charge is 0.422 e. The molecule has 2 rings (SSSR count). The second-order valence-electron chi connectivity index (χ2n) is 4.28. The van der Waals surface area contributed by atoms with Crippen molar-refractivity contribution in [2.24, 2.45) is 0 Å². The highest BCUT2D eigenvalue weighted by Gasteiger charge is 2.12. The van der Waals surface area contributed by atoms with E-state index in [1.807, 2.05) is 13.8 Å². The lowest BCUT2D eigenvalue weighted by atomic mass is 10.2. The molecule has 2 heterocycles. The van der Waals surface area contributed by atoms with Crippen LogP contribution in [0.1, 0.15) is 51.2 Å². The van der Waals surface area contributed by atoms with E-state index in [-0.39, 0.29) is 5.92 Å². The van der Waals surface area contributed by atoms with Crippen LogP contribution in [0.3, 0.4) is 0 Å². The monoisotopic (exact) mass is 205 g/mol. The topological polar surface area (TPSA) is 51.8 Å². The summed E-state index contributed by atoms with van der Waals surface area (Å²) in [6, 6.07) is 0. The van der Waals surface area contributed by atoms with Crippen molar-refractivity contribution in [1.29, 1.82) is 0 Å². The molecular formula is C11H15N3O. The molecule has 15 heavy (non-hydrogen) atoms. The number of rotatable bonds is 2. The second-order valence-corrected chi connectivity index (χ2v) is 4.28. The van der Waals surface area contributed by atoms with Crippen LogP contribution in [-0.2, 0) is 0 Å². The highest BCUT2D eigenvalue weighted by atomic mass is 16.4. The fourth-order valence-corrected chi connectivity index (χ4v) is 1.29. The Morgan fingerprint density at radius 2 is 1.80 bits per heavy atom. The third kappa shape index (κ3) is 1.84. The van der Waals surface area contributed by atoms with Gasteiger partial charge in [0.05, 0.1) is 6.20 Å². The summed E-state index contributed by atoms with van der Waals surface area (Å²) in [6.45, 7) is 8.20. The lowest BCUT2D eigenvalue weighted by Gasteiger charge is -1.99. The zero-order chi connectivity index (χ0) is 11.0. The van der Waals surface area contributed by atoms with Gasteiger partial charge in [-0.1, -0.05) is 27.7 Å². The molecule has 0 amide bonds. The van der Waals surface area contributed by atoms with Crippen LogP contribution in [0.5, 0.6) is 0 Å². The standard InChI is InChI=1S/C11H15N3O/c1-6(2)9-12-5-8-11(14-9)15-10(13-8)7(3)4/h5-7H,1-4H3. The number of nitrogens with zero attached hydrogens (tertiary/aromatic N) is 3. The summed E-state index contributed by atoms with van der Waals surface area (Å²) in [5.74, 6) is 2.11. The highest BCUT2D eigenvalue weighted by molar-refractivity contribution is 5.66. The summed E-state index contributed by atoms with van der Waals surface area (Å²) in [6.07, 6.45) is 1.73. The Kier molecular flexibility index (Phi) is 2.42. The summed E-state index contributed by atoms with van der Waals surface area (Å²) in [5.41, 5.74) is 1.33. The molecule has 0 saturated heterocycles. The molecule has 4 heteroatoms.